The minimum absolute atomic E-state index is 0. The van der Waals surface area contributed by atoms with Crippen molar-refractivity contribution in [2.45, 2.75) is 31.8 Å². The number of piperidine rings is 1. The highest BCUT2D eigenvalue weighted by atomic mass is 35.5. The fraction of sp³-hybridized carbons (Fsp3) is 0.474. The molecule has 1 aromatic carbocycles. The Kier molecular flexibility index (Phi) is 5.81. The van der Waals surface area contributed by atoms with Crippen LogP contribution in [0.15, 0.2) is 30.6 Å². The number of hydrogen-bond acceptors (Lipinski definition) is 6. The number of imidazole rings is 1. The molecule has 9 nitrogen and oxygen atoms in total. The van der Waals surface area contributed by atoms with Crippen LogP contribution in [0.2, 0.25) is 0 Å². The number of carbonyl (C=O) groups excluding carboxylic acids is 1. The van der Waals surface area contributed by atoms with Gasteiger partial charge in [-0.15, -0.1) is 12.4 Å². The number of nitro benzene ring substituents is 1. The molecule has 4 rings (SSSR count). The van der Waals surface area contributed by atoms with Crippen LogP contribution in [0, 0.1) is 15.5 Å². The number of aryl methyl sites for hydroxylation is 1. The first-order chi connectivity index (χ1) is 13.4. The summed E-state index contributed by atoms with van der Waals surface area (Å²) in [6, 6.07) is 3.87. The van der Waals surface area contributed by atoms with Crippen molar-refractivity contribution in [3.8, 4) is 5.75 Å². The first-order valence-electron chi connectivity index (χ1n) is 9.36. The Bertz CT molecular complexity index is 925. The molecule has 2 N–H and O–H groups in total. The quantitative estimate of drug-likeness (QED) is 0.565. The molecule has 1 aromatic heterocycles. The monoisotopic (exact) mass is 421 g/mol. The van der Waals surface area contributed by atoms with Crippen LogP contribution in [0.5, 0.6) is 5.75 Å². The van der Waals surface area contributed by atoms with E-state index in [1.165, 1.54) is 18.2 Å². The molecule has 0 radical (unpaired) electrons. The summed E-state index contributed by atoms with van der Waals surface area (Å²) in [5.74, 6) is 0.0317. The molecule has 1 spiro atoms. The summed E-state index contributed by atoms with van der Waals surface area (Å²) in [5, 5.41) is 24.3. The van der Waals surface area contributed by atoms with Crippen molar-refractivity contribution < 1.29 is 14.8 Å². The van der Waals surface area contributed by atoms with Gasteiger partial charge in [0.05, 0.1) is 11.5 Å². The van der Waals surface area contributed by atoms with Crippen molar-refractivity contribution in [3.05, 3.63) is 52.1 Å². The van der Waals surface area contributed by atoms with Gasteiger partial charge in [-0.05, 0) is 49.9 Å². The van der Waals surface area contributed by atoms with E-state index >= 15 is 0 Å². The number of nitrogens with zero attached hydrogens (tertiary/aromatic N) is 4. The van der Waals surface area contributed by atoms with Crippen LogP contribution in [0.25, 0.3) is 0 Å². The number of benzene rings is 1. The topological polar surface area (TPSA) is 114 Å². The summed E-state index contributed by atoms with van der Waals surface area (Å²) in [6.45, 7) is 2.25. The summed E-state index contributed by atoms with van der Waals surface area (Å²) >= 11 is 0. The van der Waals surface area contributed by atoms with Gasteiger partial charge in [0.15, 0.2) is 5.75 Å². The Hall–Kier alpha value is -2.65. The largest absolute Gasteiger partial charge is 0.502 e. The van der Waals surface area contributed by atoms with Crippen molar-refractivity contribution in [2.75, 3.05) is 13.1 Å². The fourth-order valence-corrected chi connectivity index (χ4v) is 4.23. The lowest BCUT2D eigenvalue weighted by Crippen LogP contribution is -2.39. The van der Waals surface area contributed by atoms with Crippen LogP contribution in [-0.2, 0) is 13.6 Å². The lowest BCUT2D eigenvalue weighted by Gasteiger charge is -2.29. The molecule has 1 unspecified atom stereocenters. The molecule has 1 amide bonds. The Balaban J connectivity index is 0.00000240. The number of nitrogens with one attached hydrogen (secondary N) is 1. The number of hydrogen-bond donors (Lipinski definition) is 2. The highest BCUT2D eigenvalue weighted by molar-refractivity contribution is 5.95. The van der Waals surface area contributed by atoms with E-state index in [9.17, 15) is 20.0 Å². The second-order valence-electron chi connectivity index (χ2n) is 7.68. The minimum Gasteiger partial charge on any atom is -0.502 e. The SMILES string of the molecule is Cl.Cn1ccnc1CN(C(=O)c1ccc([N+](=O)[O-])c(O)c1)C1CC12CCNCC2. The first kappa shape index (κ1) is 21.1. The Labute approximate surface area is 174 Å². The molecule has 29 heavy (non-hydrogen) atoms. The van der Waals surface area contributed by atoms with Gasteiger partial charge >= 0.3 is 5.69 Å². The first-order valence-corrected chi connectivity index (χ1v) is 9.36. The molecular weight excluding hydrogens is 398 g/mol. The smallest absolute Gasteiger partial charge is 0.310 e. The van der Waals surface area contributed by atoms with E-state index < -0.39 is 16.4 Å². The molecule has 2 fully saturated rings. The van der Waals surface area contributed by atoms with Crippen LogP contribution < -0.4 is 5.32 Å². The number of amides is 1. The van der Waals surface area contributed by atoms with Gasteiger partial charge in [-0.1, -0.05) is 0 Å². The zero-order valence-corrected chi connectivity index (χ0v) is 16.9. The molecule has 0 bridgehead atoms. The zero-order valence-electron chi connectivity index (χ0n) is 16.1. The van der Waals surface area contributed by atoms with Gasteiger partial charge in [0.2, 0.25) is 0 Å². The van der Waals surface area contributed by atoms with E-state index in [0.29, 0.717) is 6.54 Å². The van der Waals surface area contributed by atoms with Gasteiger partial charge in [-0.25, -0.2) is 4.98 Å². The third-order valence-corrected chi connectivity index (χ3v) is 6.03. The van der Waals surface area contributed by atoms with E-state index in [4.69, 9.17) is 0 Å². The predicted octanol–water partition coefficient (Wildman–Crippen LogP) is 2.24. The van der Waals surface area contributed by atoms with Gasteiger partial charge in [0.1, 0.15) is 5.82 Å². The third-order valence-electron chi connectivity index (χ3n) is 6.03. The van der Waals surface area contributed by atoms with E-state index in [0.717, 1.165) is 38.2 Å². The molecule has 1 saturated heterocycles. The van der Waals surface area contributed by atoms with Crippen molar-refractivity contribution in [2.24, 2.45) is 12.5 Å². The van der Waals surface area contributed by atoms with Gasteiger partial charge in [0.25, 0.3) is 5.91 Å². The molecule has 2 aliphatic rings. The van der Waals surface area contributed by atoms with E-state index in [1.807, 2.05) is 22.7 Å². The van der Waals surface area contributed by atoms with Crippen LogP contribution in [0.4, 0.5) is 5.69 Å². The number of aromatic hydroxyl groups is 1. The van der Waals surface area contributed by atoms with Gasteiger partial charge in [0, 0.05) is 37.1 Å². The van der Waals surface area contributed by atoms with Gasteiger partial charge < -0.3 is 19.9 Å². The highest BCUT2D eigenvalue weighted by Gasteiger charge is 2.58. The number of aromatic nitrogens is 2. The Morgan fingerprint density at radius 2 is 2.17 bits per heavy atom. The molecule has 1 aliphatic heterocycles. The number of halogens is 1. The molecule has 2 heterocycles. The van der Waals surface area contributed by atoms with Gasteiger partial charge in [-0.3, -0.25) is 14.9 Å². The third kappa shape index (κ3) is 3.92. The Morgan fingerprint density at radius 1 is 1.45 bits per heavy atom. The van der Waals surface area contributed by atoms with E-state index in [2.05, 4.69) is 10.3 Å². The zero-order chi connectivity index (χ0) is 19.9. The molecule has 1 aliphatic carbocycles. The van der Waals surface area contributed by atoms with Crippen LogP contribution >= 0.6 is 12.4 Å². The summed E-state index contributed by atoms with van der Waals surface area (Å²) in [7, 11) is 1.88. The lowest BCUT2D eigenvalue weighted by molar-refractivity contribution is -0.385. The van der Waals surface area contributed by atoms with E-state index in [-0.39, 0.29) is 35.3 Å². The summed E-state index contributed by atoms with van der Waals surface area (Å²) in [4.78, 5) is 29.8. The number of nitro groups is 1. The van der Waals surface area contributed by atoms with Crippen LogP contribution in [0.1, 0.15) is 35.4 Å². The molecule has 1 atom stereocenters. The molecule has 1 saturated carbocycles. The lowest BCUT2D eigenvalue weighted by atomic mass is 9.93. The van der Waals surface area contributed by atoms with Crippen LogP contribution in [0.3, 0.4) is 0 Å². The normalized spacial score (nSPS) is 19.4. The van der Waals surface area contributed by atoms with Crippen LogP contribution in [-0.4, -0.2) is 49.5 Å². The molecule has 10 heteroatoms. The van der Waals surface area contributed by atoms with Crippen molar-refractivity contribution in [3.63, 3.8) is 0 Å². The number of carbonyl (C=O) groups is 1. The number of rotatable bonds is 5. The maximum atomic E-state index is 13.3. The predicted molar refractivity (Wildman–Crippen MR) is 108 cm³/mol. The van der Waals surface area contributed by atoms with E-state index in [1.54, 1.807) is 6.20 Å². The fourth-order valence-electron chi connectivity index (χ4n) is 4.23. The number of phenols is 1. The molecule has 2 aromatic rings. The average molecular weight is 422 g/mol. The summed E-state index contributed by atoms with van der Waals surface area (Å²) in [5.41, 5.74) is -0.0312. The second kappa shape index (κ2) is 8.00. The van der Waals surface area contributed by atoms with Gasteiger partial charge in [-0.2, -0.15) is 0 Å². The maximum Gasteiger partial charge on any atom is 0.310 e. The minimum atomic E-state index is -0.667. The summed E-state index contributed by atoms with van der Waals surface area (Å²) in [6.07, 6.45) is 6.52. The number of phenolic OH excluding ortho intramolecular Hbond substituents is 1. The standard InChI is InChI=1S/C19H23N5O4.ClH/c1-22-9-8-21-17(22)12-23(16-11-19(16)4-6-20-7-5-19)18(26)13-2-3-14(24(27)28)15(25)10-13;/h2-3,8-10,16,20,25H,4-7,11-12H2,1H3;1H. The maximum absolute atomic E-state index is 13.3. The highest BCUT2D eigenvalue weighted by Crippen LogP contribution is 2.56. The van der Waals surface area contributed by atoms with Crippen molar-refractivity contribution in [1.82, 2.24) is 19.8 Å². The van der Waals surface area contributed by atoms with Crippen molar-refractivity contribution in [1.29, 1.82) is 0 Å². The average Bonchev–Trinajstić information content (AvgIpc) is 3.18. The second-order valence-corrected chi connectivity index (χ2v) is 7.68. The Morgan fingerprint density at radius 3 is 2.76 bits per heavy atom. The molecular formula is C19H24ClN5O4. The molecule has 156 valence electrons. The van der Waals surface area contributed by atoms with Crippen molar-refractivity contribution >= 4 is 24.0 Å². The summed E-state index contributed by atoms with van der Waals surface area (Å²) < 4.78 is 1.88.